The lowest BCUT2D eigenvalue weighted by atomic mass is 10.1. The van der Waals surface area contributed by atoms with Crippen LogP contribution in [-0.4, -0.2) is 44.7 Å². The zero-order chi connectivity index (χ0) is 15.3. The van der Waals surface area contributed by atoms with Crippen molar-refractivity contribution in [3.05, 3.63) is 28.2 Å². The second-order valence-corrected chi connectivity index (χ2v) is 7.46. The second-order valence-electron chi connectivity index (χ2n) is 6.60. The maximum absolute atomic E-state index is 3.69. The third kappa shape index (κ3) is 6.25. The predicted molar refractivity (Wildman–Crippen MR) is 92.6 cm³/mol. The Hall–Kier alpha value is -0.580. The van der Waals surface area contributed by atoms with Gasteiger partial charge in [0.15, 0.2) is 0 Å². The van der Waals surface area contributed by atoms with Gasteiger partial charge in [-0.25, -0.2) is 0 Å². The fourth-order valence-electron chi connectivity index (χ4n) is 1.76. The molecule has 0 aliphatic carbocycles. The highest BCUT2D eigenvalue weighted by molar-refractivity contribution is 9.10. The van der Waals surface area contributed by atoms with Gasteiger partial charge in [-0.1, -0.05) is 22.0 Å². The van der Waals surface area contributed by atoms with Crippen LogP contribution in [0.4, 0.5) is 5.69 Å². The Bertz CT molecular complexity index is 424. The molecule has 1 aromatic rings. The third-order valence-corrected chi connectivity index (χ3v) is 3.91. The number of halogens is 1. The summed E-state index contributed by atoms with van der Waals surface area (Å²) in [6.07, 6.45) is 0. The van der Waals surface area contributed by atoms with Gasteiger partial charge in [0.05, 0.1) is 0 Å². The highest BCUT2D eigenvalue weighted by Crippen LogP contribution is 2.24. The molecule has 0 saturated carbocycles. The van der Waals surface area contributed by atoms with E-state index in [9.17, 15) is 0 Å². The molecule has 0 atom stereocenters. The molecule has 0 aliphatic rings. The summed E-state index contributed by atoms with van der Waals surface area (Å²) in [6, 6.07) is 6.60. The topological polar surface area (TPSA) is 18.5 Å². The van der Waals surface area contributed by atoms with Gasteiger partial charge in [-0.2, -0.15) is 0 Å². The molecular weight excluding hydrogens is 314 g/mol. The predicted octanol–water partition coefficient (Wildman–Crippen LogP) is 3.34. The van der Waals surface area contributed by atoms with E-state index >= 15 is 0 Å². The van der Waals surface area contributed by atoms with Crippen molar-refractivity contribution in [2.45, 2.75) is 32.9 Å². The zero-order valence-electron chi connectivity index (χ0n) is 13.6. The van der Waals surface area contributed by atoms with Crippen molar-refractivity contribution >= 4 is 21.6 Å². The molecule has 0 amide bonds. The number of rotatable bonds is 6. The minimum absolute atomic E-state index is 0.139. The van der Waals surface area contributed by atoms with E-state index in [1.54, 1.807) is 0 Å². The molecule has 0 fully saturated rings. The van der Waals surface area contributed by atoms with E-state index in [-0.39, 0.29) is 5.54 Å². The van der Waals surface area contributed by atoms with E-state index in [0.717, 1.165) is 19.6 Å². The van der Waals surface area contributed by atoms with Gasteiger partial charge in [0.25, 0.3) is 0 Å². The lowest BCUT2D eigenvalue weighted by molar-refractivity contribution is 0.416. The molecule has 0 saturated heterocycles. The molecule has 4 heteroatoms. The lowest BCUT2D eigenvalue weighted by Crippen LogP contribution is -2.35. The third-order valence-electron chi connectivity index (χ3n) is 3.17. The Morgan fingerprint density at radius 3 is 2.25 bits per heavy atom. The number of anilines is 1. The van der Waals surface area contributed by atoms with Crippen LogP contribution in [0.5, 0.6) is 0 Å². The summed E-state index contributed by atoms with van der Waals surface area (Å²) >= 11 is 3.69. The Morgan fingerprint density at radius 2 is 1.75 bits per heavy atom. The monoisotopic (exact) mass is 341 g/mol. The normalized spacial score (nSPS) is 12.0. The number of hydrogen-bond donors (Lipinski definition) is 1. The van der Waals surface area contributed by atoms with Gasteiger partial charge < -0.3 is 15.1 Å². The van der Waals surface area contributed by atoms with Crippen LogP contribution in [0.2, 0.25) is 0 Å². The van der Waals surface area contributed by atoms with E-state index in [2.05, 4.69) is 91.2 Å². The molecule has 114 valence electrons. The Morgan fingerprint density at radius 1 is 1.10 bits per heavy atom. The standard InChI is InChI=1S/C16H28BrN3/c1-16(2,3)18-12-13-7-8-14(11-15(13)17)20(6)10-9-19(4)5/h7-8,11,18H,9-10,12H2,1-6H3. The highest BCUT2D eigenvalue weighted by Gasteiger charge is 2.11. The summed E-state index contributed by atoms with van der Waals surface area (Å²) in [5.74, 6) is 0. The number of benzene rings is 1. The van der Waals surface area contributed by atoms with Crippen LogP contribution in [0.1, 0.15) is 26.3 Å². The highest BCUT2D eigenvalue weighted by atomic mass is 79.9. The Kier molecular flexibility index (Phi) is 6.49. The largest absolute Gasteiger partial charge is 0.373 e. The summed E-state index contributed by atoms with van der Waals surface area (Å²) in [5, 5.41) is 3.52. The first-order chi connectivity index (χ1) is 9.19. The van der Waals surface area contributed by atoms with E-state index < -0.39 is 0 Å². The van der Waals surface area contributed by atoms with Gasteiger partial charge in [-0.3, -0.25) is 0 Å². The van der Waals surface area contributed by atoms with Crippen molar-refractivity contribution in [3.63, 3.8) is 0 Å². The fraction of sp³-hybridized carbons (Fsp3) is 0.625. The summed E-state index contributed by atoms with van der Waals surface area (Å²) in [7, 11) is 6.34. The minimum atomic E-state index is 0.139. The first-order valence-electron chi connectivity index (χ1n) is 7.08. The fourth-order valence-corrected chi connectivity index (χ4v) is 2.26. The maximum Gasteiger partial charge on any atom is 0.0375 e. The van der Waals surface area contributed by atoms with Crippen LogP contribution in [-0.2, 0) is 6.54 Å². The summed E-state index contributed by atoms with van der Waals surface area (Å²) in [4.78, 5) is 4.49. The molecule has 1 N–H and O–H groups in total. The number of hydrogen-bond acceptors (Lipinski definition) is 3. The lowest BCUT2D eigenvalue weighted by Gasteiger charge is -2.24. The number of nitrogens with one attached hydrogen (secondary N) is 1. The molecule has 0 aliphatic heterocycles. The van der Waals surface area contributed by atoms with Gasteiger partial charge >= 0.3 is 0 Å². The molecule has 0 unspecified atom stereocenters. The van der Waals surface area contributed by atoms with Crippen LogP contribution in [0.3, 0.4) is 0 Å². The van der Waals surface area contributed by atoms with E-state index in [0.29, 0.717) is 0 Å². The van der Waals surface area contributed by atoms with Crippen molar-refractivity contribution in [1.29, 1.82) is 0 Å². The summed E-state index contributed by atoms with van der Waals surface area (Å²) < 4.78 is 1.17. The Labute approximate surface area is 132 Å². The SMILES string of the molecule is CN(C)CCN(C)c1ccc(CNC(C)(C)C)c(Br)c1. The van der Waals surface area contributed by atoms with Crippen molar-refractivity contribution in [2.75, 3.05) is 39.1 Å². The molecule has 20 heavy (non-hydrogen) atoms. The van der Waals surface area contributed by atoms with Crippen molar-refractivity contribution < 1.29 is 0 Å². The quantitative estimate of drug-likeness (QED) is 0.856. The van der Waals surface area contributed by atoms with E-state index in [1.165, 1.54) is 15.7 Å². The molecule has 0 aromatic heterocycles. The Balaban J connectivity index is 2.67. The van der Waals surface area contributed by atoms with Gasteiger partial charge in [-0.05, 0) is 52.6 Å². The second kappa shape index (κ2) is 7.43. The van der Waals surface area contributed by atoms with E-state index in [1.807, 2.05) is 0 Å². The first kappa shape index (κ1) is 17.5. The zero-order valence-corrected chi connectivity index (χ0v) is 15.2. The van der Waals surface area contributed by atoms with Crippen molar-refractivity contribution in [1.82, 2.24) is 10.2 Å². The van der Waals surface area contributed by atoms with Crippen LogP contribution < -0.4 is 10.2 Å². The molecule has 0 spiro atoms. The van der Waals surface area contributed by atoms with Crippen molar-refractivity contribution in [3.8, 4) is 0 Å². The van der Waals surface area contributed by atoms with Crippen LogP contribution >= 0.6 is 15.9 Å². The average Bonchev–Trinajstić information content (AvgIpc) is 2.33. The maximum atomic E-state index is 3.69. The van der Waals surface area contributed by atoms with Crippen LogP contribution in [0.25, 0.3) is 0 Å². The summed E-state index contributed by atoms with van der Waals surface area (Å²) in [5.41, 5.74) is 2.68. The number of nitrogens with zero attached hydrogens (tertiary/aromatic N) is 2. The average molecular weight is 342 g/mol. The number of likely N-dealkylation sites (N-methyl/N-ethyl adjacent to an activating group) is 2. The molecule has 0 radical (unpaired) electrons. The molecular formula is C16H28BrN3. The molecule has 3 nitrogen and oxygen atoms in total. The molecule has 1 aromatic carbocycles. The van der Waals surface area contributed by atoms with Crippen molar-refractivity contribution in [2.24, 2.45) is 0 Å². The molecule has 0 heterocycles. The minimum Gasteiger partial charge on any atom is -0.373 e. The van der Waals surface area contributed by atoms with Gasteiger partial charge in [-0.15, -0.1) is 0 Å². The first-order valence-corrected chi connectivity index (χ1v) is 7.87. The van der Waals surface area contributed by atoms with Gasteiger partial charge in [0.2, 0.25) is 0 Å². The summed E-state index contributed by atoms with van der Waals surface area (Å²) in [6.45, 7) is 9.52. The van der Waals surface area contributed by atoms with Crippen LogP contribution in [0.15, 0.2) is 22.7 Å². The van der Waals surface area contributed by atoms with Crippen LogP contribution in [0, 0.1) is 0 Å². The van der Waals surface area contributed by atoms with E-state index in [4.69, 9.17) is 0 Å². The molecule has 1 rings (SSSR count). The molecule has 0 bridgehead atoms. The smallest absolute Gasteiger partial charge is 0.0375 e. The van der Waals surface area contributed by atoms with Gasteiger partial charge in [0.1, 0.15) is 0 Å². The van der Waals surface area contributed by atoms with Gasteiger partial charge in [0, 0.05) is 42.4 Å².